The van der Waals surface area contributed by atoms with Gasteiger partial charge in [0.2, 0.25) is 17.4 Å². The minimum atomic E-state index is -0.501. The first-order chi connectivity index (χ1) is 15.4. The number of ketones is 1. The van der Waals surface area contributed by atoms with Gasteiger partial charge in [0.1, 0.15) is 0 Å². The van der Waals surface area contributed by atoms with Crippen molar-refractivity contribution in [1.29, 1.82) is 0 Å². The number of rotatable bonds is 5. The Morgan fingerprint density at radius 2 is 2.03 bits per heavy atom. The molecule has 1 saturated heterocycles. The lowest BCUT2D eigenvalue weighted by atomic mass is 9.95. The maximum atomic E-state index is 13.0. The zero-order valence-corrected chi connectivity index (χ0v) is 19.7. The summed E-state index contributed by atoms with van der Waals surface area (Å²) in [5.74, 6) is -0.0602. The van der Waals surface area contributed by atoms with Crippen molar-refractivity contribution in [3.05, 3.63) is 64.4 Å². The van der Waals surface area contributed by atoms with Gasteiger partial charge in [0.25, 0.3) is 5.88 Å². The normalized spacial score (nSPS) is 16.2. The monoisotopic (exact) mass is 487 g/mol. The van der Waals surface area contributed by atoms with Crippen LogP contribution in [0.5, 0.6) is 11.8 Å². The second kappa shape index (κ2) is 9.09. The average molecular weight is 488 g/mol. The first-order valence-electron chi connectivity index (χ1n) is 10.3. The highest BCUT2D eigenvalue weighted by Gasteiger charge is 2.25. The first-order valence-corrected chi connectivity index (χ1v) is 10.7. The molecule has 1 fully saturated rings. The van der Waals surface area contributed by atoms with Crippen molar-refractivity contribution in [3.63, 3.8) is 0 Å². The number of fused-ring (bicyclic) bond motifs is 1. The van der Waals surface area contributed by atoms with Crippen molar-refractivity contribution >= 4 is 40.7 Å². The molecule has 0 saturated carbocycles. The summed E-state index contributed by atoms with van der Waals surface area (Å²) in [6, 6.07) is 13.3. The van der Waals surface area contributed by atoms with Gasteiger partial charge in [0.15, 0.2) is 0 Å². The van der Waals surface area contributed by atoms with Crippen LogP contribution in [0, 0.1) is 0 Å². The Hall–Kier alpha value is -3.00. The SMILES string of the molecule is COc1cc(C(=O)c2c(O)[nH]c3cc(Cl)c(-c4ccc(C5CCN(C)C5)cc4)cc23)on1.Cl. The fraction of sp³-hybridized carbons (Fsp3) is 0.250. The van der Waals surface area contributed by atoms with Gasteiger partial charge in [-0.05, 0) is 54.3 Å². The molecule has 7 nitrogen and oxygen atoms in total. The number of nitrogens with one attached hydrogen (secondary N) is 1. The van der Waals surface area contributed by atoms with Gasteiger partial charge in [-0.3, -0.25) is 4.79 Å². The highest BCUT2D eigenvalue weighted by molar-refractivity contribution is 6.34. The van der Waals surface area contributed by atoms with E-state index in [-0.39, 0.29) is 35.5 Å². The topological polar surface area (TPSA) is 91.6 Å². The predicted octanol–water partition coefficient (Wildman–Crippen LogP) is 5.26. The van der Waals surface area contributed by atoms with E-state index in [9.17, 15) is 9.90 Å². The van der Waals surface area contributed by atoms with Crippen molar-refractivity contribution < 1.29 is 19.2 Å². The molecular formula is C24H23Cl2N3O4. The molecule has 3 heterocycles. The predicted molar refractivity (Wildman–Crippen MR) is 129 cm³/mol. The van der Waals surface area contributed by atoms with Crippen molar-refractivity contribution in [2.75, 3.05) is 27.2 Å². The molecule has 33 heavy (non-hydrogen) atoms. The molecule has 0 radical (unpaired) electrons. The number of H-pyrrole nitrogens is 1. The van der Waals surface area contributed by atoms with Gasteiger partial charge in [-0.2, -0.15) is 0 Å². The standard InChI is InChI=1S/C24H22ClN3O4.ClH/c1-28-8-7-15(12-28)13-3-5-14(6-4-13)16-9-17-19(10-18(16)25)26-24(30)22(17)23(29)20-11-21(31-2)27-32-20;/h3-6,9-11,15,26,30H,7-8,12H2,1-2H3;1H. The molecule has 0 aliphatic carbocycles. The van der Waals surface area contributed by atoms with Gasteiger partial charge in [-0.15, -0.1) is 12.4 Å². The summed E-state index contributed by atoms with van der Waals surface area (Å²) in [5.41, 5.74) is 3.67. The van der Waals surface area contributed by atoms with Gasteiger partial charge in [0.05, 0.1) is 29.3 Å². The number of aromatic amines is 1. The summed E-state index contributed by atoms with van der Waals surface area (Å²) in [5, 5.41) is 15.2. The number of aromatic nitrogens is 2. The van der Waals surface area contributed by atoms with Crippen LogP contribution in [0.1, 0.15) is 34.0 Å². The zero-order valence-electron chi connectivity index (χ0n) is 18.1. The van der Waals surface area contributed by atoms with Gasteiger partial charge in [0, 0.05) is 17.5 Å². The number of ether oxygens (including phenoxy) is 1. The summed E-state index contributed by atoms with van der Waals surface area (Å²) >= 11 is 6.57. The molecule has 0 amide bonds. The molecule has 1 aliphatic rings. The fourth-order valence-corrected chi connectivity index (χ4v) is 4.65. The Labute approximate surface area is 201 Å². The Bertz CT molecular complexity index is 1310. The van der Waals surface area contributed by atoms with E-state index in [4.69, 9.17) is 20.9 Å². The third kappa shape index (κ3) is 4.19. The number of nitrogens with zero attached hydrogens (tertiary/aromatic N) is 2. The molecule has 9 heteroatoms. The molecule has 172 valence electrons. The summed E-state index contributed by atoms with van der Waals surface area (Å²) in [4.78, 5) is 18.2. The van der Waals surface area contributed by atoms with Crippen molar-refractivity contribution in [1.82, 2.24) is 15.0 Å². The minimum absolute atomic E-state index is 0. The van der Waals surface area contributed by atoms with Crippen LogP contribution in [0.25, 0.3) is 22.0 Å². The molecule has 1 unspecified atom stereocenters. The number of aromatic hydroxyl groups is 1. The van der Waals surface area contributed by atoms with Gasteiger partial charge in [-0.1, -0.05) is 35.9 Å². The van der Waals surface area contributed by atoms with Crippen LogP contribution < -0.4 is 4.74 Å². The molecule has 0 spiro atoms. The number of methoxy groups -OCH3 is 1. The number of hydrogen-bond donors (Lipinski definition) is 2. The van der Waals surface area contributed by atoms with E-state index in [0.29, 0.717) is 21.8 Å². The molecular weight excluding hydrogens is 465 g/mol. The lowest BCUT2D eigenvalue weighted by Crippen LogP contribution is -2.13. The summed E-state index contributed by atoms with van der Waals surface area (Å²) in [6.45, 7) is 2.17. The smallest absolute Gasteiger partial charge is 0.254 e. The molecule has 0 bridgehead atoms. The van der Waals surface area contributed by atoms with Crippen LogP contribution in [0.3, 0.4) is 0 Å². The third-order valence-electron chi connectivity index (χ3n) is 6.10. The Morgan fingerprint density at radius 1 is 1.27 bits per heavy atom. The zero-order chi connectivity index (χ0) is 22.4. The molecule has 5 rings (SSSR count). The van der Waals surface area contributed by atoms with Crippen LogP contribution >= 0.6 is 24.0 Å². The summed E-state index contributed by atoms with van der Waals surface area (Å²) in [7, 11) is 3.57. The average Bonchev–Trinajstić information content (AvgIpc) is 3.51. The van der Waals surface area contributed by atoms with E-state index in [0.717, 1.165) is 30.6 Å². The number of likely N-dealkylation sites (N-methyl/N-ethyl adjacent to an activating group) is 1. The third-order valence-corrected chi connectivity index (χ3v) is 6.41. The lowest BCUT2D eigenvalue weighted by Gasteiger charge is -2.12. The molecule has 2 N–H and O–H groups in total. The second-order valence-corrected chi connectivity index (χ2v) is 8.57. The van der Waals surface area contributed by atoms with E-state index in [1.165, 1.54) is 18.7 Å². The Balaban J connectivity index is 0.00000259. The lowest BCUT2D eigenvalue weighted by molar-refractivity contribution is 0.0999. The first kappa shape index (κ1) is 23.2. The van der Waals surface area contributed by atoms with Crippen LogP contribution in [0.2, 0.25) is 5.02 Å². The van der Waals surface area contributed by atoms with Crippen molar-refractivity contribution in [3.8, 4) is 22.9 Å². The second-order valence-electron chi connectivity index (χ2n) is 8.16. The van der Waals surface area contributed by atoms with E-state index in [2.05, 4.69) is 46.4 Å². The maximum absolute atomic E-state index is 13.0. The van der Waals surface area contributed by atoms with Gasteiger partial charge >= 0.3 is 0 Å². The van der Waals surface area contributed by atoms with Gasteiger partial charge in [-0.25, -0.2) is 0 Å². The summed E-state index contributed by atoms with van der Waals surface area (Å²) in [6.07, 6.45) is 1.16. The van der Waals surface area contributed by atoms with Crippen molar-refractivity contribution in [2.24, 2.45) is 0 Å². The maximum Gasteiger partial charge on any atom is 0.254 e. The van der Waals surface area contributed by atoms with Crippen LogP contribution in [0.4, 0.5) is 0 Å². The Morgan fingerprint density at radius 3 is 2.67 bits per heavy atom. The van der Waals surface area contributed by atoms with Crippen molar-refractivity contribution in [2.45, 2.75) is 12.3 Å². The summed E-state index contributed by atoms with van der Waals surface area (Å²) < 4.78 is 10.1. The highest BCUT2D eigenvalue weighted by atomic mass is 35.5. The number of halogens is 2. The largest absolute Gasteiger partial charge is 0.494 e. The highest BCUT2D eigenvalue weighted by Crippen LogP contribution is 2.38. The number of hydrogen-bond acceptors (Lipinski definition) is 6. The van der Waals surface area contributed by atoms with Crippen LogP contribution in [0.15, 0.2) is 47.0 Å². The van der Waals surface area contributed by atoms with E-state index >= 15 is 0 Å². The number of carbonyl (C=O) groups excluding carboxylic acids is 1. The molecule has 1 aliphatic heterocycles. The van der Waals surface area contributed by atoms with E-state index in [1.807, 2.05) is 6.07 Å². The van der Waals surface area contributed by atoms with Crippen LogP contribution in [-0.2, 0) is 0 Å². The Kier molecular flexibility index (Phi) is 6.38. The molecule has 1 atom stereocenters. The quantitative estimate of drug-likeness (QED) is 0.373. The van der Waals surface area contributed by atoms with Gasteiger partial charge < -0.3 is 24.3 Å². The van der Waals surface area contributed by atoms with Crippen LogP contribution in [-0.4, -0.2) is 53.2 Å². The van der Waals surface area contributed by atoms with E-state index in [1.54, 1.807) is 6.07 Å². The minimum Gasteiger partial charge on any atom is -0.494 e. The number of carbonyl (C=O) groups is 1. The molecule has 4 aromatic rings. The number of likely N-dealkylation sites (tertiary alicyclic amines) is 1. The molecule has 2 aromatic carbocycles. The van der Waals surface area contributed by atoms with E-state index < -0.39 is 5.78 Å². The fourth-order valence-electron chi connectivity index (χ4n) is 4.38. The molecule has 2 aromatic heterocycles. The number of benzene rings is 2.